The van der Waals surface area contributed by atoms with E-state index >= 15 is 0 Å². The molecule has 2 heteroatoms. The molecule has 0 spiro atoms. The molecule has 2 saturated carbocycles. The van der Waals surface area contributed by atoms with Gasteiger partial charge in [0.05, 0.1) is 0 Å². The van der Waals surface area contributed by atoms with Gasteiger partial charge in [0.1, 0.15) is 11.5 Å². The summed E-state index contributed by atoms with van der Waals surface area (Å²) in [6.07, 6.45) is 10.00. The molecule has 2 aliphatic rings. The lowest BCUT2D eigenvalue weighted by molar-refractivity contribution is 0.120. The van der Waals surface area contributed by atoms with Crippen molar-refractivity contribution in [3.05, 3.63) is 95.6 Å². The number of benzene rings is 3. The van der Waals surface area contributed by atoms with E-state index in [1.807, 2.05) is 54.6 Å². The molecule has 2 fully saturated rings. The summed E-state index contributed by atoms with van der Waals surface area (Å²) in [6.45, 7) is 0.184. The van der Waals surface area contributed by atoms with Crippen LogP contribution in [0.15, 0.2) is 78.9 Å². The number of hydrogen-bond donors (Lipinski definition) is 0. The van der Waals surface area contributed by atoms with E-state index in [2.05, 4.69) is 36.1 Å². The third kappa shape index (κ3) is 5.79. The van der Waals surface area contributed by atoms with Crippen molar-refractivity contribution >= 4 is 0 Å². The van der Waals surface area contributed by atoms with Gasteiger partial charge < -0.3 is 9.47 Å². The highest BCUT2D eigenvalue weighted by Crippen LogP contribution is 2.45. The van der Waals surface area contributed by atoms with Crippen LogP contribution in [0.1, 0.15) is 67.6 Å². The van der Waals surface area contributed by atoms with Crippen molar-refractivity contribution in [1.82, 2.24) is 0 Å². The van der Waals surface area contributed by atoms with Gasteiger partial charge in [-0.3, -0.25) is 0 Å². The topological polar surface area (TPSA) is 18.5 Å². The fraction of sp³-hybridized carbons (Fsp3) is 0.355. The molecule has 5 rings (SSSR count). The molecule has 0 saturated heterocycles. The van der Waals surface area contributed by atoms with Crippen LogP contribution in [0.4, 0.5) is 0 Å². The summed E-state index contributed by atoms with van der Waals surface area (Å²) in [4.78, 5) is 0. The van der Waals surface area contributed by atoms with E-state index in [9.17, 15) is 0 Å². The van der Waals surface area contributed by atoms with Crippen LogP contribution in [-0.4, -0.2) is 6.79 Å². The highest BCUT2D eigenvalue weighted by Gasteiger charge is 2.32. The van der Waals surface area contributed by atoms with Gasteiger partial charge in [0.15, 0.2) is 0 Å². The summed E-state index contributed by atoms with van der Waals surface area (Å²) in [5, 5.41) is 0. The summed E-state index contributed by atoms with van der Waals surface area (Å²) in [5.41, 5.74) is 3.55. The van der Waals surface area contributed by atoms with Crippen molar-refractivity contribution in [2.24, 2.45) is 11.8 Å². The standard InChI is InChI=1S/C31H32O2/c1-2-8-30(9-3-1)32-23-33-31-20-14-25(15-21-31)11-10-24-12-16-27(17-13-24)29-19-18-26-6-4-5-7-28(26)22-29/h1-3,8-9,12-17,20-21,26,28-29H,4-7,18-19,22-23H2. The first-order valence-electron chi connectivity index (χ1n) is 12.4. The maximum atomic E-state index is 5.66. The van der Waals surface area contributed by atoms with Gasteiger partial charge in [-0.15, -0.1) is 0 Å². The maximum absolute atomic E-state index is 5.66. The number of ether oxygens (including phenoxy) is 2. The molecule has 0 radical (unpaired) electrons. The molecule has 0 amide bonds. The molecule has 2 nitrogen and oxygen atoms in total. The van der Waals surface area contributed by atoms with Gasteiger partial charge in [0.25, 0.3) is 0 Å². The summed E-state index contributed by atoms with van der Waals surface area (Å²) in [7, 11) is 0. The lowest BCUT2D eigenvalue weighted by atomic mass is 9.66. The van der Waals surface area contributed by atoms with Gasteiger partial charge in [-0.25, -0.2) is 0 Å². The second kappa shape index (κ2) is 10.6. The van der Waals surface area contributed by atoms with E-state index in [-0.39, 0.29) is 6.79 Å². The Labute approximate surface area is 198 Å². The molecule has 3 aromatic rings. The summed E-state index contributed by atoms with van der Waals surface area (Å²) >= 11 is 0. The molecule has 0 aliphatic heterocycles. The Morgan fingerprint density at radius 2 is 1.21 bits per heavy atom. The van der Waals surface area contributed by atoms with Gasteiger partial charge in [0.2, 0.25) is 6.79 Å². The number of para-hydroxylation sites is 1. The predicted molar refractivity (Wildman–Crippen MR) is 133 cm³/mol. The van der Waals surface area contributed by atoms with Crippen molar-refractivity contribution in [2.45, 2.75) is 50.9 Å². The predicted octanol–water partition coefficient (Wildman–Crippen LogP) is 7.58. The second-order valence-electron chi connectivity index (χ2n) is 9.43. The molecule has 0 heterocycles. The SMILES string of the molecule is C(#Cc1ccc(C2CCC3CCCCC3C2)cc1)c1ccc(OCOc2ccccc2)cc1. The van der Waals surface area contributed by atoms with Crippen LogP contribution in [-0.2, 0) is 0 Å². The van der Waals surface area contributed by atoms with Crippen LogP contribution < -0.4 is 9.47 Å². The minimum absolute atomic E-state index is 0.184. The summed E-state index contributed by atoms with van der Waals surface area (Å²) in [5.74, 6) is 10.9. The minimum Gasteiger partial charge on any atom is -0.458 e. The maximum Gasteiger partial charge on any atom is 0.230 e. The molecule has 0 aromatic heterocycles. The molecule has 0 N–H and O–H groups in total. The zero-order valence-corrected chi connectivity index (χ0v) is 19.2. The van der Waals surface area contributed by atoms with Crippen LogP contribution >= 0.6 is 0 Å². The summed E-state index contributed by atoms with van der Waals surface area (Å²) < 4.78 is 11.2. The third-order valence-corrected chi connectivity index (χ3v) is 7.32. The molecule has 168 valence electrons. The Morgan fingerprint density at radius 1 is 0.606 bits per heavy atom. The van der Waals surface area contributed by atoms with Crippen molar-refractivity contribution in [3.8, 4) is 23.3 Å². The van der Waals surface area contributed by atoms with E-state index in [0.717, 1.165) is 40.4 Å². The van der Waals surface area contributed by atoms with Crippen LogP contribution in [0.5, 0.6) is 11.5 Å². The zero-order chi connectivity index (χ0) is 22.3. The molecule has 3 atom stereocenters. The molecule has 0 bridgehead atoms. The van der Waals surface area contributed by atoms with E-state index in [4.69, 9.17) is 9.47 Å². The second-order valence-corrected chi connectivity index (χ2v) is 9.43. The van der Waals surface area contributed by atoms with Gasteiger partial charge in [-0.1, -0.05) is 67.9 Å². The highest BCUT2D eigenvalue weighted by atomic mass is 16.7. The van der Waals surface area contributed by atoms with Crippen molar-refractivity contribution in [1.29, 1.82) is 0 Å². The largest absolute Gasteiger partial charge is 0.458 e. The average Bonchev–Trinajstić information content (AvgIpc) is 2.89. The van der Waals surface area contributed by atoms with Crippen LogP contribution in [0.3, 0.4) is 0 Å². The lowest BCUT2D eigenvalue weighted by Gasteiger charge is -2.39. The Morgan fingerprint density at radius 3 is 1.91 bits per heavy atom. The monoisotopic (exact) mass is 436 g/mol. The normalized spacial score (nSPS) is 21.9. The Balaban J connectivity index is 1.13. The lowest BCUT2D eigenvalue weighted by Crippen LogP contribution is -2.26. The quantitative estimate of drug-likeness (QED) is 0.303. The molecule has 3 aromatic carbocycles. The van der Waals surface area contributed by atoms with Crippen molar-refractivity contribution < 1.29 is 9.47 Å². The number of hydrogen-bond acceptors (Lipinski definition) is 2. The van der Waals surface area contributed by atoms with Gasteiger partial charge in [0, 0.05) is 11.1 Å². The first kappa shape index (κ1) is 21.7. The average molecular weight is 437 g/mol. The van der Waals surface area contributed by atoms with Gasteiger partial charge in [-0.2, -0.15) is 0 Å². The zero-order valence-electron chi connectivity index (χ0n) is 19.2. The highest BCUT2D eigenvalue weighted by molar-refractivity contribution is 5.45. The first-order chi connectivity index (χ1) is 16.3. The van der Waals surface area contributed by atoms with Crippen molar-refractivity contribution in [3.63, 3.8) is 0 Å². The molecule has 33 heavy (non-hydrogen) atoms. The minimum atomic E-state index is 0.184. The third-order valence-electron chi connectivity index (χ3n) is 7.32. The van der Waals surface area contributed by atoms with Crippen LogP contribution in [0, 0.1) is 23.7 Å². The molecule has 3 unspecified atom stereocenters. The van der Waals surface area contributed by atoms with E-state index < -0.39 is 0 Å². The fourth-order valence-corrected chi connectivity index (χ4v) is 5.48. The van der Waals surface area contributed by atoms with E-state index in [1.54, 1.807) is 0 Å². The fourth-order valence-electron chi connectivity index (χ4n) is 5.48. The smallest absolute Gasteiger partial charge is 0.230 e. The number of rotatable bonds is 5. The molecular formula is C31H32O2. The molecular weight excluding hydrogens is 404 g/mol. The van der Waals surface area contributed by atoms with Crippen LogP contribution in [0.25, 0.3) is 0 Å². The molecule has 2 aliphatic carbocycles. The Bertz CT molecular complexity index is 1070. The van der Waals surface area contributed by atoms with Gasteiger partial charge in [-0.05, 0) is 91.1 Å². The van der Waals surface area contributed by atoms with Crippen LogP contribution in [0.2, 0.25) is 0 Å². The Kier molecular flexibility index (Phi) is 6.97. The van der Waals surface area contributed by atoms with E-state index in [0.29, 0.717) is 0 Å². The summed E-state index contributed by atoms with van der Waals surface area (Å²) in [6, 6.07) is 26.5. The van der Waals surface area contributed by atoms with E-state index in [1.165, 1.54) is 50.5 Å². The first-order valence-corrected chi connectivity index (χ1v) is 12.4. The van der Waals surface area contributed by atoms with Crippen molar-refractivity contribution in [2.75, 3.05) is 6.79 Å². The number of fused-ring (bicyclic) bond motifs is 1. The Hall–Kier alpha value is -3.18. The van der Waals surface area contributed by atoms with Gasteiger partial charge >= 0.3 is 0 Å².